The summed E-state index contributed by atoms with van der Waals surface area (Å²) in [5.41, 5.74) is -0.943. The van der Waals surface area contributed by atoms with Gasteiger partial charge in [0.25, 0.3) is 0 Å². The number of carbonyl (C=O) groups excluding carboxylic acids is 2. The van der Waals surface area contributed by atoms with E-state index in [9.17, 15) is 9.59 Å². The summed E-state index contributed by atoms with van der Waals surface area (Å²) in [6, 6.07) is -0.330. The van der Waals surface area contributed by atoms with Crippen LogP contribution < -0.4 is 10.6 Å². The lowest BCUT2D eigenvalue weighted by atomic mass is 9.96. The van der Waals surface area contributed by atoms with E-state index >= 15 is 0 Å². The summed E-state index contributed by atoms with van der Waals surface area (Å²) >= 11 is 0. The number of urea groups is 1. The molecule has 5 nitrogen and oxygen atoms in total. The molecule has 0 radical (unpaired) electrons. The van der Waals surface area contributed by atoms with Crippen molar-refractivity contribution in [3.8, 4) is 0 Å². The SMILES string of the molecule is CCCNC(=O)NC(C)(CCC)C(=O)OC. The lowest BCUT2D eigenvalue weighted by Crippen LogP contribution is -2.55. The van der Waals surface area contributed by atoms with Gasteiger partial charge in [0.05, 0.1) is 7.11 Å². The van der Waals surface area contributed by atoms with Crippen LogP contribution in [-0.2, 0) is 9.53 Å². The van der Waals surface area contributed by atoms with Gasteiger partial charge in [-0.25, -0.2) is 9.59 Å². The highest BCUT2D eigenvalue weighted by atomic mass is 16.5. The third kappa shape index (κ3) is 4.51. The number of esters is 1. The first-order valence-corrected chi connectivity index (χ1v) is 5.64. The lowest BCUT2D eigenvalue weighted by molar-refractivity contribution is -0.147. The Kier molecular flexibility index (Phi) is 6.53. The first kappa shape index (κ1) is 14.7. The maximum absolute atomic E-state index is 11.6. The van der Waals surface area contributed by atoms with Crippen LogP contribution in [0, 0.1) is 0 Å². The molecular formula is C11H22N2O3. The third-order valence-electron chi connectivity index (χ3n) is 2.31. The van der Waals surface area contributed by atoms with Crippen molar-refractivity contribution in [3.63, 3.8) is 0 Å². The van der Waals surface area contributed by atoms with Crippen LogP contribution in [0.3, 0.4) is 0 Å². The van der Waals surface area contributed by atoms with Crippen molar-refractivity contribution in [3.05, 3.63) is 0 Å². The van der Waals surface area contributed by atoms with Gasteiger partial charge in [-0.05, 0) is 19.8 Å². The average molecular weight is 230 g/mol. The maximum Gasteiger partial charge on any atom is 0.331 e. The summed E-state index contributed by atoms with van der Waals surface area (Å²) in [6.45, 7) is 6.18. The molecule has 0 aliphatic heterocycles. The highest BCUT2D eigenvalue weighted by Crippen LogP contribution is 2.13. The highest BCUT2D eigenvalue weighted by Gasteiger charge is 2.34. The number of hydrogen-bond acceptors (Lipinski definition) is 3. The molecule has 16 heavy (non-hydrogen) atoms. The van der Waals surface area contributed by atoms with E-state index in [0.717, 1.165) is 12.8 Å². The van der Waals surface area contributed by atoms with Crippen molar-refractivity contribution in [2.75, 3.05) is 13.7 Å². The Morgan fingerprint density at radius 1 is 1.25 bits per heavy atom. The van der Waals surface area contributed by atoms with Crippen LogP contribution in [-0.4, -0.2) is 31.2 Å². The van der Waals surface area contributed by atoms with Gasteiger partial charge < -0.3 is 15.4 Å². The van der Waals surface area contributed by atoms with E-state index in [1.165, 1.54) is 7.11 Å². The quantitative estimate of drug-likeness (QED) is 0.678. The van der Waals surface area contributed by atoms with E-state index in [0.29, 0.717) is 13.0 Å². The first-order chi connectivity index (χ1) is 7.50. The van der Waals surface area contributed by atoms with Crippen LogP contribution in [0.25, 0.3) is 0 Å². The Bertz CT molecular complexity index is 243. The third-order valence-corrected chi connectivity index (χ3v) is 2.31. The summed E-state index contributed by atoms with van der Waals surface area (Å²) in [7, 11) is 1.32. The Morgan fingerprint density at radius 3 is 2.31 bits per heavy atom. The van der Waals surface area contributed by atoms with E-state index in [1.807, 2.05) is 13.8 Å². The highest BCUT2D eigenvalue weighted by molar-refractivity contribution is 5.86. The second kappa shape index (κ2) is 7.09. The minimum Gasteiger partial charge on any atom is -0.467 e. The topological polar surface area (TPSA) is 67.4 Å². The van der Waals surface area contributed by atoms with Gasteiger partial charge in [-0.15, -0.1) is 0 Å². The van der Waals surface area contributed by atoms with Gasteiger partial charge in [0.15, 0.2) is 0 Å². The van der Waals surface area contributed by atoms with Crippen LogP contribution in [0.2, 0.25) is 0 Å². The predicted octanol–water partition coefficient (Wildman–Crippen LogP) is 1.43. The Morgan fingerprint density at radius 2 is 1.88 bits per heavy atom. The molecule has 5 heteroatoms. The Hall–Kier alpha value is -1.26. The normalized spacial score (nSPS) is 13.8. The van der Waals surface area contributed by atoms with Crippen molar-refractivity contribution < 1.29 is 14.3 Å². The summed E-state index contributed by atoms with van der Waals surface area (Å²) in [4.78, 5) is 23.1. The fraction of sp³-hybridized carbons (Fsp3) is 0.818. The molecule has 0 saturated carbocycles. The molecule has 0 rings (SSSR count). The molecule has 0 aromatic heterocycles. The maximum atomic E-state index is 11.6. The second-order valence-corrected chi connectivity index (χ2v) is 3.95. The van der Waals surface area contributed by atoms with Gasteiger partial charge in [0, 0.05) is 6.54 Å². The Labute approximate surface area is 96.9 Å². The van der Waals surface area contributed by atoms with Gasteiger partial charge in [-0.3, -0.25) is 0 Å². The molecule has 0 aliphatic carbocycles. The fourth-order valence-electron chi connectivity index (χ4n) is 1.47. The van der Waals surface area contributed by atoms with Gasteiger partial charge in [-0.2, -0.15) is 0 Å². The molecule has 1 atom stereocenters. The largest absolute Gasteiger partial charge is 0.467 e. The minimum absolute atomic E-state index is 0.330. The molecular weight excluding hydrogens is 208 g/mol. The molecule has 2 amide bonds. The number of amides is 2. The first-order valence-electron chi connectivity index (χ1n) is 5.64. The number of ether oxygens (including phenoxy) is 1. The molecule has 0 aromatic rings. The zero-order valence-electron chi connectivity index (χ0n) is 10.6. The van der Waals surface area contributed by atoms with Gasteiger partial charge in [-0.1, -0.05) is 20.3 Å². The van der Waals surface area contributed by atoms with Crippen molar-refractivity contribution in [2.45, 2.75) is 45.6 Å². The second-order valence-electron chi connectivity index (χ2n) is 3.95. The van der Waals surface area contributed by atoms with Crippen LogP contribution in [0.5, 0.6) is 0 Å². The zero-order chi connectivity index (χ0) is 12.6. The molecule has 0 aromatic carbocycles. The monoisotopic (exact) mass is 230 g/mol. The summed E-state index contributed by atoms with van der Waals surface area (Å²) in [6.07, 6.45) is 2.20. The van der Waals surface area contributed by atoms with Crippen molar-refractivity contribution in [1.82, 2.24) is 10.6 Å². The van der Waals surface area contributed by atoms with Crippen molar-refractivity contribution in [2.24, 2.45) is 0 Å². The van der Waals surface area contributed by atoms with E-state index in [4.69, 9.17) is 4.74 Å². The number of methoxy groups -OCH3 is 1. The number of nitrogens with one attached hydrogen (secondary N) is 2. The molecule has 94 valence electrons. The minimum atomic E-state index is -0.943. The van der Waals surface area contributed by atoms with E-state index in [-0.39, 0.29) is 6.03 Å². The van der Waals surface area contributed by atoms with Crippen LogP contribution in [0.1, 0.15) is 40.0 Å². The summed E-state index contributed by atoms with van der Waals surface area (Å²) in [5.74, 6) is -0.416. The zero-order valence-corrected chi connectivity index (χ0v) is 10.6. The van der Waals surface area contributed by atoms with Crippen molar-refractivity contribution in [1.29, 1.82) is 0 Å². The van der Waals surface area contributed by atoms with E-state index < -0.39 is 11.5 Å². The van der Waals surface area contributed by atoms with E-state index in [2.05, 4.69) is 10.6 Å². The molecule has 2 N–H and O–H groups in total. The number of hydrogen-bond donors (Lipinski definition) is 2. The van der Waals surface area contributed by atoms with Gasteiger partial charge in [0.2, 0.25) is 0 Å². The molecule has 0 heterocycles. The number of carbonyl (C=O) groups is 2. The standard InChI is InChI=1S/C11H22N2O3/c1-5-7-11(3,9(14)16-4)13-10(15)12-8-6-2/h5-8H2,1-4H3,(H2,12,13,15). The van der Waals surface area contributed by atoms with Gasteiger partial charge in [0.1, 0.15) is 5.54 Å². The molecule has 0 aliphatic rings. The average Bonchev–Trinajstić information content (AvgIpc) is 2.25. The fourth-order valence-corrected chi connectivity index (χ4v) is 1.47. The summed E-state index contributed by atoms with van der Waals surface area (Å²) in [5, 5.41) is 5.32. The smallest absolute Gasteiger partial charge is 0.331 e. The molecule has 0 fully saturated rings. The van der Waals surface area contributed by atoms with Crippen LogP contribution >= 0.6 is 0 Å². The summed E-state index contributed by atoms with van der Waals surface area (Å²) < 4.78 is 4.69. The van der Waals surface area contributed by atoms with Crippen LogP contribution in [0.4, 0.5) is 4.79 Å². The van der Waals surface area contributed by atoms with Gasteiger partial charge >= 0.3 is 12.0 Å². The lowest BCUT2D eigenvalue weighted by Gasteiger charge is -2.27. The van der Waals surface area contributed by atoms with Crippen molar-refractivity contribution >= 4 is 12.0 Å². The number of rotatable bonds is 6. The Balaban J connectivity index is 4.42. The molecule has 0 bridgehead atoms. The molecule has 0 spiro atoms. The molecule has 1 unspecified atom stereocenters. The van der Waals surface area contributed by atoms with E-state index in [1.54, 1.807) is 6.92 Å². The predicted molar refractivity (Wildman–Crippen MR) is 62.2 cm³/mol. The molecule has 0 saturated heterocycles. The van der Waals surface area contributed by atoms with Crippen LogP contribution in [0.15, 0.2) is 0 Å².